The number of fused-ring (bicyclic) bond motifs is 4. The predicted octanol–water partition coefficient (Wildman–Crippen LogP) is 1.33. The monoisotopic (exact) mass is 404 g/mol. The third-order valence-electron chi connectivity index (χ3n) is 5.81. The Morgan fingerprint density at radius 1 is 0.867 bits per heavy atom. The summed E-state index contributed by atoms with van der Waals surface area (Å²) in [6, 6.07) is 5.58. The average Bonchev–Trinajstić information content (AvgIpc) is 2.69. The molecule has 7 heteroatoms. The van der Waals surface area contributed by atoms with Gasteiger partial charge in [0.15, 0.2) is 23.0 Å². The quantitative estimate of drug-likeness (QED) is 0.445. The number of aromatic hydroxyl groups is 4. The van der Waals surface area contributed by atoms with Crippen LogP contribution in [0.5, 0.6) is 23.0 Å². The van der Waals surface area contributed by atoms with E-state index in [4.69, 9.17) is 12.8 Å². The lowest BCUT2D eigenvalue weighted by Gasteiger charge is -2.49. The molecule has 1 unspecified atom stereocenters. The van der Waals surface area contributed by atoms with Crippen LogP contribution in [0.4, 0.5) is 0 Å². The van der Waals surface area contributed by atoms with Gasteiger partial charge < -0.3 is 25.3 Å². The maximum atomic E-state index is 13.0. The first-order valence-corrected chi connectivity index (χ1v) is 9.31. The summed E-state index contributed by atoms with van der Waals surface area (Å²) in [6.07, 6.45) is 11.0. The largest absolute Gasteiger partial charge is 0.504 e. The number of nitrogens with zero attached hydrogens (tertiary/aromatic N) is 2. The number of terminal acetylenes is 2. The third-order valence-corrected chi connectivity index (χ3v) is 5.81. The van der Waals surface area contributed by atoms with Gasteiger partial charge in [-0.15, -0.1) is 12.8 Å². The van der Waals surface area contributed by atoms with E-state index in [1.165, 1.54) is 29.2 Å². The molecule has 2 aromatic carbocycles. The van der Waals surface area contributed by atoms with Crippen molar-refractivity contribution < 1.29 is 25.2 Å². The van der Waals surface area contributed by atoms with Crippen LogP contribution in [0.25, 0.3) is 0 Å². The molecule has 0 bridgehead atoms. The van der Waals surface area contributed by atoms with Gasteiger partial charge in [-0.05, 0) is 41.0 Å². The molecule has 4 N–H and O–H groups in total. The van der Waals surface area contributed by atoms with Gasteiger partial charge in [-0.3, -0.25) is 9.69 Å². The standard InChI is InChI=1S/C23H20N2O5/c1-3-5-24-11-14-7-18(26)20(28)9-16(14)23(12-24)13-25(6-4-2)22(30)15-8-19(27)21(29)10-17(15)23/h1-2,7-10,26-29H,5-6,11-13H2. The maximum Gasteiger partial charge on any atom is 0.255 e. The highest BCUT2D eigenvalue weighted by Crippen LogP contribution is 2.48. The Morgan fingerprint density at radius 2 is 1.47 bits per heavy atom. The summed E-state index contributed by atoms with van der Waals surface area (Å²) in [6.45, 7) is 1.39. The van der Waals surface area contributed by atoms with E-state index in [-0.39, 0.29) is 41.8 Å². The first kappa shape index (κ1) is 19.5. The molecule has 2 aromatic rings. The summed E-state index contributed by atoms with van der Waals surface area (Å²) < 4.78 is 0. The van der Waals surface area contributed by atoms with Crippen LogP contribution in [0, 0.1) is 24.7 Å². The van der Waals surface area contributed by atoms with Crippen LogP contribution < -0.4 is 0 Å². The van der Waals surface area contributed by atoms with E-state index in [9.17, 15) is 25.2 Å². The van der Waals surface area contributed by atoms with Crippen LogP contribution in [0.1, 0.15) is 27.0 Å². The van der Waals surface area contributed by atoms with Crippen molar-refractivity contribution in [1.29, 1.82) is 0 Å². The maximum absolute atomic E-state index is 13.0. The van der Waals surface area contributed by atoms with Gasteiger partial charge in [0.05, 0.1) is 18.5 Å². The van der Waals surface area contributed by atoms with Crippen LogP contribution >= 0.6 is 0 Å². The van der Waals surface area contributed by atoms with Crippen LogP contribution in [0.2, 0.25) is 0 Å². The summed E-state index contributed by atoms with van der Waals surface area (Å²) in [5.41, 5.74) is 1.27. The van der Waals surface area contributed by atoms with E-state index in [2.05, 4.69) is 11.8 Å². The van der Waals surface area contributed by atoms with E-state index in [1.807, 2.05) is 4.90 Å². The molecule has 2 aliphatic rings. The molecule has 0 aliphatic carbocycles. The number of phenolic OH excluding ortho intramolecular Hbond substituents is 4. The van der Waals surface area contributed by atoms with Crippen LogP contribution in [-0.2, 0) is 12.0 Å². The number of amides is 1. The summed E-state index contributed by atoms with van der Waals surface area (Å²) >= 11 is 0. The topological polar surface area (TPSA) is 104 Å². The smallest absolute Gasteiger partial charge is 0.255 e. The molecule has 0 aromatic heterocycles. The van der Waals surface area contributed by atoms with Crippen molar-refractivity contribution >= 4 is 5.91 Å². The summed E-state index contributed by atoms with van der Waals surface area (Å²) in [4.78, 5) is 16.5. The van der Waals surface area contributed by atoms with E-state index >= 15 is 0 Å². The highest BCUT2D eigenvalue weighted by Gasteiger charge is 2.49. The third kappa shape index (κ3) is 2.80. The van der Waals surface area contributed by atoms with Crippen LogP contribution in [0.3, 0.4) is 0 Å². The molecule has 1 amide bonds. The van der Waals surface area contributed by atoms with Crippen molar-refractivity contribution in [3.63, 3.8) is 0 Å². The normalized spacial score (nSPS) is 20.3. The molecule has 1 spiro atoms. The van der Waals surface area contributed by atoms with Gasteiger partial charge in [0, 0.05) is 25.2 Å². The van der Waals surface area contributed by atoms with E-state index in [0.29, 0.717) is 30.8 Å². The van der Waals surface area contributed by atoms with E-state index in [0.717, 1.165) is 5.56 Å². The van der Waals surface area contributed by atoms with Crippen molar-refractivity contribution in [3.8, 4) is 47.7 Å². The SMILES string of the molecule is C#CCN1Cc2cc(O)c(O)cc2C2(C1)CN(CC#C)C(=O)c1cc(O)c(O)cc12. The molecular weight excluding hydrogens is 384 g/mol. The minimum atomic E-state index is -0.888. The summed E-state index contributed by atoms with van der Waals surface area (Å²) in [5, 5.41) is 40.5. The van der Waals surface area contributed by atoms with Crippen molar-refractivity contribution in [1.82, 2.24) is 9.80 Å². The van der Waals surface area contributed by atoms with Crippen molar-refractivity contribution in [3.05, 3.63) is 46.5 Å². The highest BCUT2D eigenvalue weighted by atomic mass is 16.3. The average molecular weight is 404 g/mol. The molecule has 152 valence electrons. The van der Waals surface area contributed by atoms with Gasteiger partial charge in [-0.1, -0.05) is 11.8 Å². The van der Waals surface area contributed by atoms with Crippen LogP contribution in [0.15, 0.2) is 24.3 Å². The minimum Gasteiger partial charge on any atom is -0.504 e. The second kappa shape index (κ2) is 6.91. The van der Waals surface area contributed by atoms with Crippen molar-refractivity contribution in [2.75, 3.05) is 26.2 Å². The van der Waals surface area contributed by atoms with Gasteiger partial charge in [0.2, 0.25) is 0 Å². The Bertz CT molecular complexity index is 1140. The second-order valence-corrected chi connectivity index (χ2v) is 7.68. The molecule has 0 radical (unpaired) electrons. The number of rotatable bonds is 2. The van der Waals surface area contributed by atoms with Crippen molar-refractivity contribution in [2.45, 2.75) is 12.0 Å². The van der Waals surface area contributed by atoms with Gasteiger partial charge in [-0.2, -0.15) is 0 Å². The number of hydrogen-bond acceptors (Lipinski definition) is 6. The summed E-state index contributed by atoms with van der Waals surface area (Å²) in [5.74, 6) is 3.43. The molecular formula is C23H20N2O5. The van der Waals surface area contributed by atoms with Gasteiger partial charge in [-0.25, -0.2) is 0 Å². The summed E-state index contributed by atoms with van der Waals surface area (Å²) in [7, 11) is 0. The fourth-order valence-electron chi connectivity index (χ4n) is 4.61. The van der Waals surface area contributed by atoms with Gasteiger partial charge in [0.1, 0.15) is 0 Å². The van der Waals surface area contributed by atoms with Gasteiger partial charge >= 0.3 is 0 Å². The van der Waals surface area contributed by atoms with Crippen molar-refractivity contribution in [2.24, 2.45) is 0 Å². The number of benzene rings is 2. The Kier molecular flexibility index (Phi) is 4.49. The highest BCUT2D eigenvalue weighted by molar-refractivity contribution is 5.99. The molecule has 0 saturated carbocycles. The van der Waals surface area contributed by atoms with Crippen LogP contribution in [-0.4, -0.2) is 62.3 Å². The van der Waals surface area contributed by atoms with E-state index < -0.39 is 11.2 Å². The first-order chi connectivity index (χ1) is 14.3. The van der Waals surface area contributed by atoms with E-state index in [1.54, 1.807) is 0 Å². The molecule has 2 aliphatic heterocycles. The number of carbonyl (C=O) groups excluding carboxylic acids is 1. The molecule has 1 atom stereocenters. The minimum absolute atomic E-state index is 0.0518. The molecule has 2 heterocycles. The molecule has 7 nitrogen and oxygen atoms in total. The lowest BCUT2D eigenvalue weighted by Crippen LogP contribution is -2.57. The lowest BCUT2D eigenvalue weighted by molar-refractivity contribution is 0.0678. The number of hydrogen-bond donors (Lipinski definition) is 4. The predicted molar refractivity (Wildman–Crippen MR) is 109 cm³/mol. The lowest BCUT2D eigenvalue weighted by atomic mass is 9.66. The van der Waals surface area contributed by atoms with Gasteiger partial charge in [0.25, 0.3) is 5.91 Å². The Morgan fingerprint density at radius 3 is 2.13 bits per heavy atom. The molecule has 4 rings (SSSR count). The molecule has 0 saturated heterocycles. The molecule has 30 heavy (non-hydrogen) atoms. The zero-order valence-electron chi connectivity index (χ0n) is 16.1. The Labute approximate surface area is 173 Å². The Hall–Kier alpha value is -3.81. The molecule has 0 fully saturated rings. The Balaban J connectivity index is 2.04. The fourth-order valence-corrected chi connectivity index (χ4v) is 4.61. The zero-order valence-corrected chi connectivity index (χ0v) is 16.1. The first-order valence-electron chi connectivity index (χ1n) is 9.31. The fraction of sp³-hybridized carbons (Fsp3) is 0.261. The zero-order chi connectivity index (χ0) is 21.6. The number of phenols is 4. The second-order valence-electron chi connectivity index (χ2n) is 7.68. The number of carbonyl (C=O) groups is 1.